The van der Waals surface area contributed by atoms with Crippen LogP contribution < -0.4 is 24.3 Å². The van der Waals surface area contributed by atoms with E-state index in [1.807, 2.05) is 69.3 Å². The summed E-state index contributed by atoms with van der Waals surface area (Å²) in [6.07, 6.45) is 6.74. The predicted molar refractivity (Wildman–Crippen MR) is 184 cm³/mol. The summed E-state index contributed by atoms with van der Waals surface area (Å²) < 4.78 is 28.2. The van der Waals surface area contributed by atoms with Gasteiger partial charge in [-0.15, -0.1) is 0 Å². The number of aliphatic hydroxyl groups is 1. The third-order valence-corrected chi connectivity index (χ3v) is 8.67. The average molecular weight is 644 g/mol. The molecule has 1 saturated carbocycles. The predicted octanol–water partition coefficient (Wildman–Crippen LogP) is 7.62. The van der Waals surface area contributed by atoms with Crippen molar-refractivity contribution in [3.63, 3.8) is 0 Å². The van der Waals surface area contributed by atoms with Crippen molar-refractivity contribution in [1.82, 2.24) is 5.32 Å². The van der Waals surface area contributed by atoms with Crippen molar-refractivity contribution in [1.29, 1.82) is 0 Å². The van der Waals surface area contributed by atoms with Crippen LogP contribution in [0.1, 0.15) is 82.9 Å². The van der Waals surface area contributed by atoms with Crippen LogP contribution in [0.2, 0.25) is 0 Å². The van der Waals surface area contributed by atoms with Crippen LogP contribution in [0.25, 0.3) is 11.1 Å². The topological polar surface area (TPSA) is 95.5 Å². The van der Waals surface area contributed by atoms with Crippen LogP contribution in [0.4, 0.5) is 0 Å². The van der Waals surface area contributed by atoms with Gasteiger partial charge in [0.05, 0.1) is 5.41 Å². The fraction of sp³-hybridized carbons (Fsp3) is 0.462. The van der Waals surface area contributed by atoms with Crippen molar-refractivity contribution in [2.45, 2.75) is 72.3 Å². The number of hydrogen-bond donors (Lipinski definition) is 2. The summed E-state index contributed by atoms with van der Waals surface area (Å²) in [6, 6.07) is 21.8. The molecule has 0 aromatic heterocycles. The number of nitrogens with one attached hydrogen (secondary N) is 1. The Labute approximate surface area is 279 Å². The van der Waals surface area contributed by atoms with Gasteiger partial charge in [-0.05, 0) is 117 Å². The molecule has 1 heterocycles. The molecule has 1 aliphatic heterocycles. The quantitative estimate of drug-likeness (QED) is 0.105. The molecule has 0 radical (unpaired) electrons. The molecule has 2 N–H and O–H groups in total. The molecule has 0 bridgehead atoms. The monoisotopic (exact) mass is 643 g/mol. The van der Waals surface area contributed by atoms with Gasteiger partial charge in [0.25, 0.3) is 0 Å². The Morgan fingerprint density at radius 3 is 2.13 bits per heavy atom. The maximum atomic E-state index is 12.1. The fourth-order valence-electron chi connectivity index (χ4n) is 6.02. The number of carbonyl (C=O) groups is 1. The first-order valence-electron chi connectivity index (χ1n) is 16.9. The SMILES string of the molecule is CCC(=C(c1ccc(OCOC(=O)C(C)(C)C)cc1)c1ccc(OCC(O)CNCC2CCCCC2)cc1)c1ccc2c(c1)OCO2. The maximum absolute atomic E-state index is 12.1. The van der Waals surface area contributed by atoms with Crippen LogP contribution in [-0.2, 0) is 9.53 Å². The Morgan fingerprint density at radius 1 is 0.872 bits per heavy atom. The first kappa shape index (κ1) is 34.3. The van der Waals surface area contributed by atoms with Crippen molar-refractivity contribution in [2.24, 2.45) is 11.3 Å². The van der Waals surface area contributed by atoms with Crippen LogP contribution >= 0.6 is 0 Å². The number of benzene rings is 3. The van der Waals surface area contributed by atoms with E-state index in [1.165, 1.54) is 32.1 Å². The molecule has 0 spiro atoms. The summed E-state index contributed by atoms with van der Waals surface area (Å²) in [5, 5.41) is 13.9. The Kier molecular flexibility index (Phi) is 11.8. The van der Waals surface area contributed by atoms with Crippen LogP contribution in [0, 0.1) is 11.3 Å². The number of carbonyl (C=O) groups excluding carboxylic acids is 1. The number of ether oxygens (including phenoxy) is 5. The van der Waals surface area contributed by atoms with Gasteiger partial charge < -0.3 is 34.1 Å². The Bertz CT molecular complexity index is 1490. The van der Waals surface area contributed by atoms with Crippen molar-refractivity contribution < 1.29 is 33.6 Å². The van der Waals surface area contributed by atoms with E-state index in [0.717, 1.165) is 58.2 Å². The highest BCUT2D eigenvalue weighted by atomic mass is 16.7. The lowest BCUT2D eigenvalue weighted by Gasteiger charge is -2.22. The Hall–Kier alpha value is -4.01. The standard InChI is InChI=1S/C39H49NO7/c1-5-34(30-15-20-35-36(21-30)46-26-45-35)37(29-13-18-33(19-14-29)44-25-47-38(42)39(2,3)4)28-11-16-32(17-12-28)43-24-31(41)23-40-22-27-9-7-6-8-10-27/h11-21,27,31,40-41H,5-10,22-26H2,1-4H3. The van der Waals surface area contributed by atoms with E-state index in [4.69, 9.17) is 23.7 Å². The molecule has 1 aliphatic carbocycles. The van der Waals surface area contributed by atoms with Crippen molar-refractivity contribution in [3.8, 4) is 23.0 Å². The molecule has 5 rings (SSSR count). The van der Waals surface area contributed by atoms with E-state index >= 15 is 0 Å². The molecule has 3 aromatic carbocycles. The van der Waals surface area contributed by atoms with E-state index in [2.05, 4.69) is 30.4 Å². The summed E-state index contributed by atoms with van der Waals surface area (Å²) in [4.78, 5) is 12.1. The van der Waals surface area contributed by atoms with E-state index in [1.54, 1.807) is 0 Å². The molecule has 2 aliphatic rings. The summed E-state index contributed by atoms with van der Waals surface area (Å²) in [6.45, 7) is 9.34. The highest BCUT2D eigenvalue weighted by Crippen LogP contribution is 2.40. The van der Waals surface area contributed by atoms with E-state index in [-0.39, 0.29) is 26.2 Å². The van der Waals surface area contributed by atoms with Gasteiger partial charge in [0.1, 0.15) is 24.2 Å². The molecule has 8 nitrogen and oxygen atoms in total. The molecular formula is C39H49NO7. The second-order valence-corrected chi connectivity index (χ2v) is 13.4. The van der Waals surface area contributed by atoms with Gasteiger partial charge in [-0.3, -0.25) is 4.79 Å². The molecule has 8 heteroatoms. The lowest BCUT2D eigenvalue weighted by molar-refractivity contribution is -0.159. The van der Waals surface area contributed by atoms with Gasteiger partial charge in [-0.2, -0.15) is 0 Å². The highest BCUT2D eigenvalue weighted by molar-refractivity contribution is 5.99. The lowest BCUT2D eigenvalue weighted by atomic mass is 9.88. The number of fused-ring (bicyclic) bond motifs is 1. The largest absolute Gasteiger partial charge is 0.491 e. The average Bonchev–Trinajstić information content (AvgIpc) is 3.55. The van der Waals surface area contributed by atoms with Crippen LogP contribution in [0.15, 0.2) is 66.7 Å². The van der Waals surface area contributed by atoms with Crippen molar-refractivity contribution >= 4 is 17.1 Å². The zero-order valence-electron chi connectivity index (χ0n) is 28.2. The van der Waals surface area contributed by atoms with Crippen molar-refractivity contribution in [3.05, 3.63) is 83.4 Å². The van der Waals surface area contributed by atoms with Gasteiger partial charge in [0.2, 0.25) is 13.6 Å². The van der Waals surface area contributed by atoms with E-state index in [9.17, 15) is 9.90 Å². The van der Waals surface area contributed by atoms with Gasteiger partial charge in [0.15, 0.2) is 11.5 Å². The molecule has 1 fully saturated rings. The summed E-state index contributed by atoms with van der Waals surface area (Å²) in [5.41, 5.74) is 4.69. The number of aliphatic hydroxyl groups excluding tert-OH is 1. The Morgan fingerprint density at radius 2 is 1.49 bits per heavy atom. The van der Waals surface area contributed by atoms with Crippen LogP contribution in [0.3, 0.4) is 0 Å². The number of allylic oxidation sites excluding steroid dienone is 1. The summed E-state index contributed by atoms with van der Waals surface area (Å²) >= 11 is 0. The number of esters is 1. The molecule has 1 atom stereocenters. The van der Waals surface area contributed by atoms with Gasteiger partial charge >= 0.3 is 5.97 Å². The molecule has 47 heavy (non-hydrogen) atoms. The zero-order chi connectivity index (χ0) is 33.2. The summed E-state index contributed by atoms with van der Waals surface area (Å²) in [5.74, 6) is 3.19. The van der Waals surface area contributed by atoms with Gasteiger partial charge in [0, 0.05) is 6.54 Å². The first-order chi connectivity index (χ1) is 22.7. The molecular weight excluding hydrogens is 594 g/mol. The Balaban J connectivity index is 1.31. The normalized spacial score (nSPS) is 15.9. The number of hydrogen-bond acceptors (Lipinski definition) is 8. The fourth-order valence-corrected chi connectivity index (χ4v) is 6.02. The molecule has 1 unspecified atom stereocenters. The van der Waals surface area contributed by atoms with E-state index in [0.29, 0.717) is 18.0 Å². The van der Waals surface area contributed by atoms with E-state index < -0.39 is 11.5 Å². The minimum Gasteiger partial charge on any atom is -0.491 e. The minimum atomic E-state index is -0.593. The third kappa shape index (κ3) is 9.52. The maximum Gasteiger partial charge on any atom is 0.314 e. The molecule has 0 amide bonds. The second kappa shape index (κ2) is 16.2. The van der Waals surface area contributed by atoms with Crippen LogP contribution in [-0.4, -0.2) is 50.5 Å². The van der Waals surface area contributed by atoms with Crippen molar-refractivity contribution in [2.75, 3.05) is 33.3 Å². The zero-order valence-corrected chi connectivity index (χ0v) is 28.2. The number of rotatable bonds is 14. The molecule has 252 valence electrons. The molecule has 0 saturated heterocycles. The molecule has 3 aromatic rings. The smallest absolute Gasteiger partial charge is 0.314 e. The summed E-state index contributed by atoms with van der Waals surface area (Å²) in [7, 11) is 0. The third-order valence-electron chi connectivity index (χ3n) is 8.67. The first-order valence-corrected chi connectivity index (χ1v) is 16.9. The second-order valence-electron chi connectivity index (χ2n) is 13.4. The minimum absolute atomic E-state index is 0.151. The van der Waals surface area contributed by atoms with Crippen LogP contribution in [0.5, 0.6) is 23.0 Å². The highest BCUT2D eigenvalue weighted by Gasteiger charge is 2.23. The van der Waals surface area contributed by atoms with Gasteiger partial charge in [-0.25, -0.2) is 0 Å². The van der Waals surface area contributed by atoms with Gasteiger partial charge in [-0.1, -0.05) is 56.5 Å². The lowest BCUT2D eigenvalue weighted by Crippen LogP contribution is -2.34.